The molecule has 82 valence electrons. The van der Waals surface area contributed by atoms with Crippen LogP contribution < -0.4 is 5.32 Å². The number of piperidine rings is 1. The largest absolute Gasteiger partial charge is 0.310 e. The second-order valence-electron chi connectivity index (χ2n) is 5.05. The molecule has 2 heteroatoms. The SMILES string of the molecule is CCC(C)NC1CC2CCCCN2C1. The van der Waals surface area contributed by atoms with Crippen LogP contribution in [0, 0.1) is 0 Å². The average molecular weight is 196 g/mol. The van der Waals surface area contributed by atoms with Gasteiger partial charge in [0.25, 0.3) is 0 Å². The Balaban J connectivity index is 1.80. The molecule has 2 saturated heterocycles. The normalized spacial score (nSPS) is 35.6. The predicted octanol–water partition coefficient (Wildman–Crippen LogP) is 2.00. The number of fused-ring (bicyclic) bond motifs is 1. The molecule has 0 saturated carbocycles. The fourth-order valence-corrected chi connectivity index (χ4v) is 2.89. The van der Waals surface area contributed by atoms with Gasteiger partial charge in [-0.3, -0.25) is 4.90 Å². The number of nitrogens with zero attached hydrogens (tertiary/aromatic N) is 1. The van der Waals surface area contributed by atoms with Crippen LogP contribution in [0.15, 0.2) is 0 Å². The molecule has 2 heterocycles. The first-order valence-electron chi connectivity index (χ1n) is 6.29. The summed E-state index contributed by atoms with van der Waals surface area (Å²) in [5.74, 6) is 0. The van der Waals surface area contributed by atoms with E-state index in [-0.39, 0.29) is 0 Å². The van der Waals surface area contributed by atoms with Crippen LogP contribution in [0.4, 0.5) is 0 Å². The lowest BCUT2D eigenvalue weighted by Crippen LogP contribution is -2.38. The van der Waals surface area contributed by atoms with Crippen molar-refractivity contribution >= 4 is 0 Å². The predicted molar refractivity (Wildman–Crippen MR) is 60.5 cm³/mol. The molecule has 2 rings (SSSR count). The van der Waals surface area contributed by atoms with Gasteiger partial charge >= 0.3 is 0 Å². The summed E-state index contributed by atoms with van der Waals surface area (Å²) in [7, 11) is 0. The van der Waals surface area contributed by atoms with Crippen molar-refractivity contribution in [1.29, 1.82) is 0 Å². The maximum Gasteiger partial charge on any atom is 0.0212 e. The molecule has 0 aromatic heterocycles. The van der Waals surface area contributed by atoms with E-state index in [9.17, 15) is 0 Å². The van der Waals surface area contributed by atoms with Gasteiger partial charge in [-0.05, 0) is 39.2 Å². The average Bonchev–Trinajstić information content (AvgIpc) is 2.59. The van der Waals surface area contributed by atoms with Crippen molar-refractivity contribution in [2.24, 2.45) is 0 Å². The maximum atomic E-state index is 3.74. The Labute approximate surface area is 88.1 Å². The van der Waals surface area contributed by atoms with Crippen LogP contribution in [0.25, 0.3) is 0 Å². The minimum atomic E-state index is 0.696. The van der Waals surface area contributed by atoms with Crippen molar-refractivity contribution in [3.05, 3.63) is 0 Å². The Morgan fingerprint density at radius 2 is 2.29 bits per heavy atom. The van der Waals surface area contributed by atoms with Gasteiger partial charge in [0.2, 0.25) is 0 Å². The van der Waals surface area contributed by atoms with Gasteiger partial charge in [0.05, 0.1) is 0 Å². The molecule has 0 amide bonds. The summed E-state index contributed by atoms with van der Waals surface area (Å²) >= 11 is 0. The topological polar surface area (TPSA) is 15.3 Å². The van der Waals surface area contributed by atoms with E-state index in [1.54, 1.807) is 0 Å². The number of nitrogens with one attached hydrogen (secondary N) is 1. The lowest BCUT2D eigenvalue weighted by atomic mass is 10.0. The molecule has 0 bridgehead atoms. The van der Waals surface area contributed by atoms with E-state index < -0.39 is 0 Å². The molecular weight excluding hydrogens is 172 g/mol. The van der Waals surface area contributed by atoms with Gasteiger partial charge in [0, 0.05) is 24.7 Å². The molecule has 2 aliphatic heterocycles. The highest BCUT2D eigenvalue weighted by atomic mass is 15.2. The number of hydrogen-bond donors (Lipinski definition) is 1. The minimum absolute atomic E-state index is 0.696. The van der Waals surface area contributed by atoms with E-state index in [1.807, 2.05) is 0 Å². The molecule has 3 unspecified atom stereocenters. The first kappa shape index (κ1) is 10.4. The summed E-state index contributed by atoms with van der Waals surface area (Å²) in [5.41, 5.74) is 0. The summed E-state index contributed by atoms with van der Waals surface area (Å²) in [5, 5.41) is 3.74. The Kier molecular flexibility index (Phi) is 3.45. The standard InChI is InChI=1S/C12H24N2/c1-3-10(2)13-11-8-12-6-4-5-7-14(12)9-11/h10-13H,3-9H2,1-2H3. The third-order valence-corrected chi connectivity index (χ3v) is 3.89. The summed E-state index contributed by atoms with van der Waals surface area (Å²) < 4.78 is 0. The van der Waals surface area contributed by atoms with Gasteiger partial charge in [0.1, 0.15) is 0 Å². The molecule has 0 aliphatic carbocycles. The van der Waals surface area contributed by atoms with Crippen LogP contribution >= 0.6 is 0 Å². The van der Waals surface area contributed by atoms with Crippen molar-refractivity contribution in [2.75, 3.05) is 13.1 Å². The van der Waals surface area contributed by atoms with E-state index in [2.05, 4.69) is 24.1 Å². The second-order valence-corrected chi connectivity index (χ2v) is 5.05. The fourth-order valence-electron chi connectivity index (χ4n) is 2.89. The Morgan fingerprint density at radius 3 is 3.00 bits per heavy atom. The zero-order valence-electron chi connectivity index (χ0n) is 9.63. The van der Waals surface area contributed by atoms with E-state index >= 15 is 0 Å². The molecule has 1 N–H and O–H groups in total. The highest BCUT2D eigenvalue weighted by Crippen LogP contribution is 2.27. The molecule has 0 aromatic rings. The van der Waals surface area contributed by atoms with Crippen molar-refractivity contribution in [3.63, 3.8) is 0 Å². The van der Waals surface area contributed by atoms with Crippen molar-refractivity contribution in [1.82, 2.24) is 10.2 Å². The molecule has 0 aromatic carbocycles. The van der Waals surface area contributed by atoms with E-state index in [1.165, 1.54) is 45.2 Å². The van der Waals surface area contributed by atoms with Gasteiger partial charge < -0.3 is 5.32 Å². The van der Waals surface area contributed by atoms with Gasteiger partial charge in [-0.25, -0.2) is 0 Å². The summed E-state index contributed by atoms with van der Waals surface area (Å²) in [4.78, 5) is 2.70. The summed E-state index contributed by atoms with van der Waals surface area (Å²) in [6, 6.07) is 2.37. The van der Waals surface area contributed by atoms with Crippen LogP contribution in [0.1, 0.15) is 46.0 Å². The van der Waals surface area contributed by atoms with E-state index in [0.717, 1.165) is 12.1 Å². The molecule has 3 atom stereocenters. The molecule has 14 heavy (non-hydrogen) atoms. The van der Waals surface area contributed by atoms with E-state index in [0.29, 0.717) is 6.04 Å². The van der Waals surface area contributed by atoms with Gasteiger partial charge in [-0.15, -0.1) is 0 Å². The first-order valence-corrected chi connectivity index (χ1v) is 6.29. The van der Waals surface area contributed by atoms with Crippen LogP contribution in [0.2, 0.25) is 0 Å². The monoisotopic (exact) mass is 196 g/mol. The molecule has 2 aliphatic rings. The molecule has 0 radical (unpaired) electrons. The highest BCUT2D eigenvalue weighted by molar-refractivity contribution is 4.92. The van der Waals surface area contributed by atoms with Crippen molar-refractivity contribution in [3.8, 4) is 0 Å². The maximum absolute atomic E-state index is 3.74. The molecular formula is C12H24N2. The molecule has 2 fully saturated rings. The smallest absolute Gasteiger partial charge is 0.0212 e. The number of hydrogen-bond acceptors (Lipinski definition) is 2. The molecule has 2 nitrogen and oxygen atoms in total. The third-order valence-electron chi connectivity index (χ3n) is 3.89. The summed E-state index contributed by atoms with van der Waals surface area (Å²) in [6.45, 7) is 7.22. The second kappa shape index (κ2) is 4.63. The first-order chi connectivity index (χ1) is 6.79. The highest BCUT2D eigenvalue weighted by Gasteiger charge is 2.33. The Bertz CT molecular complexity index is 167. The fraction of sp³-hybridized carbons (Fsp3) is 1.00. The Hall–Kier alpha value is -0.0800. The van der Waals surface area contributed by atoms with Crippen LogP contribution in [0.5, 0.6) is 0 Å². The zero-order chi connectivity index (χ0) is 9.97. The van der Waals surface area contributed by atoms with Crippen LogP contribution in [-0.4, -0.2) is 36.1 Å². The molecule has 0 spiro atoms. The third kappa shape index (κ3) is 2.29. The quantitative estimate of drug-likeness (QED) is 0.743. The lowest BCUT2D eigenvalue weighted by molar-refractivity contribution is 0.196. The van der Waals surface area contributed by atoms with Crippen LogP contribution in [-0.2, 0) is 0 Å². The van der Waals surface area contributed by atoms with Crippen molar-refractivity contribution in [2.45, 2.75) is 64.1 Å². The lowest BCUT2D eigenvalue weighted by Gasteiger charge is -2.28. The van der Waals surface area contributed by atoms with Gasteiger partial charge in [-0.2, -0.15) is 0 Å². The number of rotatable bonds is 3. The zero-order valence-corrected chi connectivity index (χ0v) is 9.63. The van der Waals surface area contributed by atoms with Crippen LogP contribution in [0.3, 0.4) is 0 Å². The van der Waals surface area contributed by atoms with E-state index in [4.69, 9.17) is 0 Å². The summed E-state index contributed by atoms with van der Waals surface area (Å²) in [6.07, 6.45) is 6.97. The Morgan fingerprint density at radius 1 is 1.43 bits per heavy atom. The van der Waals surface area contributed by atoms with Gasteiger partial charge in [0.15, 0.2) is 0 Å². The van der Waals surface area contributed by atoms with Crippen molar-refractivity contribution < 1.29 is 0 Å². The minimum Gasteiger partial charge on any atom is -0.310 e. The van der Waals surface area contributed by atoms with Gasteiger partial charge in [-0.1, -0.05) is 13.3 Å².